The molecule has 0 amide bonds. The van der Waals surface area contributed by atoms with Crippen molar-refractivity contribution in [2.24, 2.45) is 0 Å². The van der Waals surface area contributed by atoms with E-state index in [2.05, 4.69) is 9.62 Å². The highest BCUT2D eigenvalue weighted by Crippen LogP contribution is 2.31. The Morgan fingerprint density at radius 2 is 2.20 bits per heavy atom. The molecule has 112 valence electrons. The Morgan fingerprint density at radius 1 is 1.45 bits per heavy atom. The Bertz CT molecular complexity index is 593. The molecule has 0 bridgehead atoms. The third-order valence-electron chi connectivity index (χ3n) is 4.01. The predicted molar refractivity (Wildman–Crippen MR) is 78.3 cm³/mol. The van der Waals surface area contributed by atoms with E-state index in [4.69, 9.17) is 0 Å². The fourth-order valence-electron chi connectivity index (χ4n) is 2.89. The molecule has 5 nitrogen and oxygen atoms in total. The first-order valence-corrected chi connectivity index (χ1v) is 9.32. The number of nitrogens with one attached hydrogen (secondary N) is 1. The van der Waals surface area contributed by atoms with Gasteiger partial charge in [0.25, 0.3) is 0 Å². The van der Waals surface area contributed by atoms with E-state index in [1.807, 2.05) is 0 Å². The Hall–Kier alpha value is -0.470. The lowest BCUT2D eigenvalue weighted by atomic mass is 10.3. The summed E-state index contributed by atoms with van der Waals surface area (Å²) in [6.45, 7) is 3.33. The number of rotatable bonds is 5. The highest BCUT2D eigenvalue weighted by atomic mass is 32.2. The molecule has 2 aliphatic rings. The predicted octanol–water partition coefficient (Wildman–Crippen LogP) is 1.06. The van der Waals surface area contributed by atoms with Gasteiger partial charge in [0.2, 0.25) is 10.0 Å². The summed E-state index contributed by atoms with van der Waals surface area (Å²) >= 11 is 1.30. The quantitative estimate of drug-likeness (QED) is 0.852. The normalized spacial score (nSPS) is 24.4. The molecule has 1 aromatic rings. The summed E-state index contributed by atoms with van der Waals surface area (Å²) in [4.78, 5) is 3.17. The van der Waals surface area contributed by atoms with Gasteiger partial charge in [-0.2, -0.15) is 0 Å². The SMILES string of the molecule is Cc1csc(CO)c1S(=O)(=O)NC1CCN(C2CC2)C1. The first-order valence-electron chi connectivity index (χ1n) is 6.95. The van der Waals surface area contributed by atoms with Crippen molar-refractivity contribution in [3.63, 3.8) is 0 Å². The third-order valence-corrected chi connectivity index (χ3v) is 6.97. The maximum atomic E-state index is 12.5. The lowest BCUT2D eigenvalue weighted by molar-refractivity contribution is 0.282. The molecule has 2 fully saturated rings. The van der Waals surface area contributed by atoms with E-state index in [0.29, 0.717) is 16.5 Å². The lowest BCUT2D eigenvalue weighted by Crippen LogP contribution is -2.37. The third kappa shape index (κ3) is 2.78. The van der Waals surface area contributed by atoms with Crippen LogP contribution in [0.3, 0.4) is 0 Å². The Balaban J connectivity index is 1.74. The van der Waals surface area contributed by atoms with Crippen LogP contribution in [0.2, 0.25) is 0 Å². The average Bonchev–Trinajstić information content (AvgIpc) is 3.02. The van der Waals surface area contributed by atoms with E-state index < -0.39 is 10.0 Å². The maximum absolute atomic E-state index is 12.5. The Labute approximate surface area is 123 Å². The van der Waals surface area contributed by atoms with Crippen molar-refractivity contribution in [2.45, 2.75) is 49.8 Å². The number of aryl methyl sites for hydroxylation is 1. The lowest BCUT2D eigenvalue weighted by Gasteiger charge is -2.16. The van der Waals surface area contributed by atoms with Gasteiger partial charge in [-0.05, 0) is 37.1 Å². The zero-order valence-electron chi connectivity index (χ0n) is 11.5. The van der Waals surface area contributed by atoms with E-state index in [-0.39, 0.29) is 17.5 Å². The van der Waals surface area contributed by atoms with Gasteiger partial charge in [0.1, 0.15) is 4.90 Å². The Morgan fingerprint density at radius 3 is 2.85 bits per heavy atom. The smallest absolute Gasteiger partial charge is 0.242 e. The highest BCUT2D eigenvalue weighted by Gasteiger charge is 2.36. The summed E-state index contributed by atoms with van der Waals surface area (Å²) in [6.07, 6.45) is 3.36. The topological polar surface area (TPSA) is 69.6 Å². The molecule has 1 saturated heterocycles. The van der Waals surface area contributed by atoms with Crippen LogP contribution >= 0.6 is 11.3 Å². The molecule has 1 aliphatic carbocycles. The minimum atomic E-state index is -3.53. The van der Waals surface area contributed by atoms with Crippen molar-refractivity contribution >= 4 is 21.4 Å². The molecule has 2 heterocycles. The molecule has 2 N–H and O–H groups in total. The number of hydrogen-bond donors (Lipinski definition) is 2. The molecule has 0 spiro atoms. The second kappa shape index (κ2) is 5.38. The number of nitrogens with zero attached hydrogens (tertiary/aromatic N) is 1. The minimum Gasteiger partial charge on any atom is -0.391 e. The van der Waals surface area contributed by atoms with Crippen molar-refractivity contribution in [3.8, 4) is 0 Å². The van der Waals surface area contributed by atoms with Gasteiger partial charge < -0.3 is 5.11 Å². The first-order chi connectivity index (χ1) is 9.51. The fourth-order valence-corrected chi connectivity index (χ4v) is 5.81. The van der Waals surface area contributed by atoms with Crippen LogP contribution in [0, 0.1) is 6.92 Å². The molecule has 0 aromatic carbocycles. The van der Waals surface area contributed by atoms with Crippen LogP contribution in [0.1, 0.15) is 29.7 Å². The van der Waals surface area contributed by atoms with Crippen LogP contribution in [-0.4, -0.2) is 43.6 Å². The van der Waals surface area contributed by atoms with E-state index in [9.17, 15) is 13.5 Å². The van der Waals surface area contributed by atoms with Gasteiger partial charge in [-0.15, -0.1) is 11.3 Å². The zero-order valence-corrected chi connectivity index (χ0v) is 13.1. The maximum Gasteiger partial charge on any atom is 0.242 e. The summed E-state index contributed by atoms with van der Waals surface area (Å²) < 4.78 is 27.8. The Kier molecular flexibility index (Phi) is 3.89. The van der Waals surface area contributed by atoms with Crippen LogP contribution in [0.5, 0.6) is 0 Å². The van der Waals surface area contributed by atoms with E-state index in [0.717, 1.165) is 19.5 Å². The van der Waals surface area contributed by atoms with Crippen molar-refractivity contribution in [2.75, 3.05) is 13.1 Å². The van der Waals surface area contributed by atoms with Gasteiger partial charge in [0.05, 0.1) is 11.5 Å². The van der Waals surface area contributed by atoms with Crippen molar-refractivity contribution < 1.29 is 13.5 Å². The summed E-state index contributed by atoms with van der Waals surface area (Å²) in [6, 6.07) is 0.673. The molecule has 1 aromatic heterocycles. The second-order valence-electron chi connectivity index (χ2n) is 5.66. The van der Waals surface area contributed by atoms with E-state index in [1.54, 1.807) is 12.3 Å². The molecule has 1 unspecified atom stereocenters. The van der Waals surface area contributed by atoms with Gasteiger partial charge >= 0.3 is 0 Å². The summed E-state index contributed by atoms with van der Waals surface area (Å²) in [5.74, 6) is 0. The molecule has 1 aliphatic heterocycles. The van der Waals surface area contributed by atoms with Crippen molar-refractivity contribution in [1.82, 2.24) is 9.62 Å². The van der Waals surface area contributed by atoms with Crippen LogP contribution < -0.4 is 4.72 Å². The van der Waals surface area contributed by atoms with Crippen molar-refractivity contribution in [3.05, 3.63) is 15.8 Å². The molecule has 0 radical (unpaired) electrons. The number of aliphatic hydroxyl groups is 1. The molecule has 7 heteroatoms. The van der Waals surface area contributed by atoms with Gasteiger partial charge in [-0.1, -0.05) is 0 Å². The van der Waals surface area contributed by atoms with Gasteiger partial charge in [0, 0.05) is 25.2 Å². The average molecular weight is 316 g/mol. The molecule has 1 atom stereocenters. The molecular weight excluding hydrogens is 296 g/mol. The number of sulfonamides is 1. The van der Waals surface area contributed by atoms with Crippen molar-refractivity contribution in [1.29, 1.82) is 0 Å². The van der Waals surface area contributed by atoms with E-state index >= 15 is 0 Å². The summed E-state index contributed by atoms with van der Waals surface area (Å²) in [5, 5.41) is 11.1. The summed E-state index contributed by atoms with van der Waals surface area (Å²) in [5.41, 5.74) is 0.712. The zero-order chi connectivity index (χ0) is 14.3. The fraction of sp³-hybridized carbons (Fsp3) is 0.692. The first kappa shape index (κ1) is 14.5. The number of thiophene rings is 1. The molecule has 20 heavy (non-hydrogen) atoms. The van der Waals surface area contributed by atoms with Crippen LogP contribution in [0.4, 0.5) is 0 Å². The van der Waals surface area contributed by atoms with Gasteiger partial charge in [0.15, 0.2) is 0 Å². The molecular formula is C13H20N2O3S2. The van der Waals surface area contributed by atoms with Crippen LogP contribution in [-0.2, 0) is 16.6 Å². The van der Waals surface area contributed by atoms with E-state index in [1.165, 1.54) is 24.2 Å². The molecule has 3 rings (SSSR count). The van der Waals surface area contributed by atoms with Crippen LogP contribution in [0.15, 0.2) is 10.3 Å². The van der Waals surface area contributed by atoms with Gasteiger partial charge in [-0.3, -0.25) is 4.90 Å². The number of aliphatic hydroxyl groups excluding tert-OH is 1. The molecule has 1 saturated carbocycles. The second-order valence-corrected chi connectivity index (χ2v) is 8.28. The number of likely N-dealkylation sites (tertiary alicyclic amines) is 1. The monoisotopic (exact) mass is 316 g/mol. The summed E-state index contributed by atoms with van der Waals surface area (Å²) in [7, 11) is -3.53. The van der Waals surface area contributed by atoms with Crippen LogP contribution in [0.25, 0.3) is 0 Å². The minimum absolute atomic E-state index is 0.00792. The largest absolute Gasteiger partial charge is 0.391 e. The number of hydrogen-bond acceptors (Lipinski definition) is 5. The highest BCUT2D eigenvalue weighted by molar-refractivity contribution is 7.89. The van der Waals surface area contributed by atoms with Gasteiger partial charge in [-0.25, -0.2) is 13.1 Å². The standard InChI is InChI=1S/C13H20N2O3S2/c1-9-8-19-12(7-16)13(9)20(17,18)14-10-4-5-15(6-10)11-2-3-11/h8,10-11,14,16H,2-7H2,1H3.